The molecule has 4 nitrogen and oxygen atoms in total. The molecule has 1 aliphatic carbocycles. The number of hydrogen-bond acceptors (Lipinski definition) is 2. The van der Waals surface area contributed by atoms with Gasteiger partial charge in [0.1, 0.15) is 0 Å². The molecule has 0 unspecified atom stereocenters. The van der Waals surface area contributed by atoms with E-state index in [1.165, 1.54) is 6.92 Å². The highest BCUT2D eigenvalue weighted by Crippen LogP contribution is 2.33. The lowest BCUT2D eigenvalue weighted by molar-refractivity contribution is -0.121. The smallest absolute Gasteiger partial charge is 0.229 e. The van der Waals surface area contributed by atoms with Gasteiger partial charge < -0.3 is 10.2 Å². The predicted molar refractivity (Wildman–Crippen MR) is 76.1 cm³/mol. The zero-order valence-electron chi connectivity index (χ0n) is 11.6. The Bertz CT molecular complexity index is 475. The maximum absolute atomic E-state index is 12.2. The van der Waals surface area contributed by atoms with Crippen molar-refractivity contribution >= 4 is 23.2 Å². The quantitative estimate of drug-likeness (QED) is 0.905. The summed E-state index contributed by atoms with van der Waals surface area (Å²) >= 11 is 0. The molecule has 0 aromatic heterocycles. The molecule has 4 heteroatoms. The average molecular weight is 260 g/mol. The van der Waals surface area contributed by atoms with Gasteiger partial charge in [0.25, 0.3) is 0 Å². The first-order valence-electron chi connectivity index (χ1n) is 6.69. The molecule has 1 saturated carbocycles. The van der Waals surface area contributed by atoms with Gasteiger partial charge in [-0.2, -0.15) is 0 Å². The molecule has 19 heavy (non-hydrogen) atoms. The van der Waals surface area contributed by atoms with Gasteiger partial charge in [-0.05, 0) is 37.1 Å². The normalized spacial score (nSPS) is 14.3. The fourth-order valence-electron chi connectivity index (χ4n) is 2.04. The van der Waals surface area contributed by atoms with Gasteiger partial charge in [-0.3, -0.25) is 9.59 Å². The van der Waals surface area contributed by atoms with E-state index in [-0.39, 0.29) is 17.7 Å². The number of carbonyl (C=O) groups is 2. The molecule has 0 spiro atoms. The van der Waals surface area contributed by atoms with Crippen LogP contribution in [-0.2, 0) is 9.59 Å². The maximum atomic E-state index is 12.2. The van der Waals surface area contributed by atoms with E-state index >= 15 is 0 Å². The van der Waals surface area contributed by atoms with Gasteiger partial charge in [-0.1, -0.05) is 13.8 Å². The van der Waals surface area contributed by atoms with Crippen molar-refractivity contribution in [2.24, 2.45) is 5.92 Å². The number of benzene rings is 1. The lowest BCUT2D eigenvalue weighted by atomic mass is 10.1. The van der Waals surface area contributed by atoms with Crippen molar-refractivity contribution in [3.63, 3.8) is 0 Å². The SMILES string of the molecule is CC(=O)Nc1ccc(N(C(=O)C(C)C)C2CC2)cc1. The second-order valence-corrected chi connectivity index (χ2v) is 5.32. The molecule has 0 heterocycles. The molecular formula is C15H20N2O2. The van der Waals surface area contributed by atoms with E-state index in [9.17, 15) is 9.59 Å². The van der Waals surface area contributed by atoms with Crippen LogP contribution in [0.3, 0.4) is 0 Å². The van der Waals surface area contributed by atoms with E-state index in [1.807, 2.05) is 43.0 Å². The van der Waals surface area contributed by atoms with E-state index in [2.05, 4.69) is 5.32 Å². The topological polar surface area (TPSA) is 49.4 Å². The second kappa shape index (κ2) is 5.43. The lowest BCUT2D eigenvalue weighted by Crippen LogP contribution is -2.36. The molecule has 0 aliphatic heterocycles. The maximum Gasteiger partial charge on any atom is 0.229 e. The fourth-order valence-corrected chi connectivity index (χ4v) is 2.04. The summed E-state index contributed by atoms with van der Waals surface area (Å²) < 4.78 is 0. The van der Waals surface area contributed by atoms with E-state index < -0.39 is 0 Å². The van der Waals surface area contributed by atoms with Crippen LogP contribution in [0, 0.1) is 5.92 Å². The third kappa shape index (κ3) is 3.34. The first-order chi connectivity index (χ1) is 8.99. The van der Waals surface area contributed by atoms with Crippen LogP contribution in [0.25, 0.3) is 0 Å². The molecule has 2 amide bonds. The van der Waals surface area contributed by atoms with Crippen molar-refractivity contribution in [2.45, 2.75) is 39.7 Å². The number of rotatable bonds is 4. The predicted octanol–water partition coefficient (Wildman–Crippen LogP) is 2.80. The molecule has 1 N–H and O–H groups in total. The van der Waals surface area contributed by atoms with Crippen LogP contribution < -0.4 is 10.2 Å². The highest BCUT2D eigenvalue weighted by atomic mass is 16.2. The number of anilines is 2. The molecule has 0 saturated heterocycles. The highest BCUT2D eigenvalue weighted by Gasteiger charge is 2.34. The molecule has 1 fully saturated rings. The minimum absolute atomic E-state index is 0.00405. The molecule has 2 rings (SSSR count). The molecular weight excluding hydrogens is 240 g/mol. The highest BCUT2D eigenvalue weighted by molar-refractivity contribution is 5.96. The van der Waals surface area contributed by atoms with Crippen LogP contribution in [0.2, 0.25) is 0 Å². The largest absolute Gasteiger partial charge is 0.326 e. The number of amides is 2. The molecule has 1 aliphatic rings. The van der Waals surface area contributed by atoms with Crippen LogP contribution in [0.5, 0.6) is 0 Å². The van der Waals surface area contributed by atoms with Gasteiger partial charge in [-0.25, -0.2) is 0 Å². The fraction of sp³-hybridized carbons (Fsp3) is 0.467. The summed E-state index contributed by atoms with van der Waals surface area (Å²) in [6.07, 6.45) is 2.15. The van der Waals surface area contributed by atoms with Crippen LogP contribution >= 0.6 is 0 Å². The summed E-state index contributed by atoms with van der Waals surface area (Å²) in [6.45, 7) is 5.32. The van der Waals surface area contributed by atoms with Crippen molar-refractivity contribution in [2.75, 3.05) is 10.2 Å². The zero-order valence-corrected chi connectivity index (χ0v) is 11.6. The summed E-state index contributed by atoms with van der Waals surface area (Å²) in [6, 6.07) is 7.80. The van der Waals surface area contributed by atoms with Crippen LogP contribution in [0.4, 0.5) is 11.4 Å². The summed E-state index contributed by atoms with van der Waals surface area (Å²) in [5.74, 6) is 0.0652. The van der Waals surface area contributed by atoms with E-state index in [0.717, 1.165) is 24.2 Å². The Kier molecular flexibility index (Phi) is 3.88. The second-order valence-electron chi connectivity index (χ2n) is 5.32. The summed E-state index contributed by atoms with van der Waals surface area (Å²) in [5.41, 5.74) is 1.67. The van der Waals surface area contributed by atoms with Crippen LogP contribution in [-0.4, -0.2) is 17.9 Å². The lowest BCUT2D eigenvalue weighted by Gasteiger charge is -2.24. The molecule has 0 radical (unpaired) electrons. The monoisotopic (exact) mass is 260 g/mol. The first kappa shape index (κ1) is 13.6. The number of nitrogens with zero attached hydrogens (tertiary/aromatic N) is 1. The van der Waals surface area contributed by atoms with E-state index in [0.29, 0.717) is 6.04 Å². The standard InChI is InChI=1S/C15H20N2O2/c1-10(2)15(19)17(14-8-9-14)13-6-4-12(5-7-13)16-11(3)18/h4-7,10,14H,8-9H2,1-3H3,(H,16,18). The minimum atomic E-state index is -0.0925. The third-order valence-corrected chi connectivity index (χ3v) is 3.11. The Hall–Kier alpha value is -1.84. The molecule has 0 atom stereocenters. The van der Waals surface area contributed by atoms with Crippen molar-refractivity contribution in [3.8, 4) is 0 Å². The Morgan fingerprint density at radius 1 is 1.21 bits per heavy atom. The van der Waals surface area contributed by atoms with Crippen LogP contribution in [0.15, 0.2) is 24.3 Å². The summed E-state index contributed by atoms with van der Waals surface area (Å²) in [5, 5.41) is 2.73. The zero-order chi connectivity index (χ0) is 14.0. The van der Waals surface area contributed by atoms with Gasteiger partial charge in [-0.15, -0.1) is 0 Å². The average Bonchev–Trinajstić information content (AvgIpc) is 3.15. The van der Waals surface area contributed by atoms with Gasteiger partial charge in [0, 0.05) is 30.3 Å². The van der Waals surface area contributed by atoms with Crippen molar-refractivity contribution in [1.29, 1.82) is 0 Å². The van der Waals surface area contributed by atoms with Crippen molar-refractivity contribution in [3.05, 3.63) is 24.3 Å². The molecule has 0 bridgehead atoms. The molecule has 102 valence electrons. The van der Waals surface area contributed by atoms with E-state index in [1.54, 1.807) is 0 Å². The number of carbonyl (C=O) groups excluding carboxylic acids is 2. The van der Waals surface area contributed by atoms with Crippen LogP contribution in [0.1, 0.15) is 33.6 Å². The van der Waals surface area contributed by atoms with Crippen molar-refractivity contribution in [1.82, 2.24) is 0 Å². The van der Waals surface area contributed by atoms with Gasteiger partial charge >= 0.3 is 0 Å². The number of nitrogens with one attached hydrogen (secondary N) is 1. The Balaban J connectivity index is 2.18. The van der Waals surface area contributed by atoms with Gasteiger partial charge in [0.05, 0.1) is 0 Å². The first-order valence-corrected chi connectivity index (χ1v) is 6.69. The Labute approximate surface area is 113 Å². The molecule has 1 aromatic carbocycles. The van der Waals surface area contributed by atoms with Crippen molar-refractivity contribution < 1.29 is 9.59 Å². The summed E-state index contributed by atoms with van der Waals surface area (Å²) in [7, 11) is 0. The van der Waals surface area contributed by atoms with Gasteiger partial charge in [0.15, 0.2) is 0 Å². The molecule has 1 aromatic rings. The minimum Gasteiger partial charge on any atom is -0.326 e. The Morgan fingerprint density at radius 3 is 2.21 bits per heavy atom. The third-order valence-electron chi connectivity index (χ3n) is 3.11. The Morgan fingerprint density at radius 2 is 1.79 bits per heavy atom. The van der Waals surface area contributed by atoms with E-state index in [4.69, 9.17) is 0 Å². The van der Waals surface area contributed by atoms with Gasteiger partial charge in [0.2, 0.25) is 11.8 Å². The summed E-state index contributed by atoms with van der Waals surface area (Å²) in [4.78, 5) is 25.1. The number of hydrogen-bond donors (Lipinski definition) is 1.